The maximum Gasteiger partial charge on any atom is 0.208 e. The van der Waals surface area contributed by atoms with Gasteiger partial charge in [-0.2, -0.15) is 0 Å². The van der Waals surface area contributed by atoms with Crippen molar-refractivity contribution < 1.29 is 9.47 Å². The van der Waals surface area contributed by atoms with Crippen LogP contribution in [0.4, 0.5) is 0 Å². The lowest BCUT2D eigenvalue weighted by Gasteiger charge is -2.21. The fourth-order valence-electron chi connectivity index (χ4n) is 3.86. The van der Waals surface area contributed by atoms with Gasteiger partial charge in [0.1, 0.15) is 11.1 Å². The van der Waals surface area contributed by atoms with Gasteiger partial charge in [0.15, 0.2) is 5.65 Å². The first-order chi connectivity index (χ1) is 14.2. The molecule has 2 aromatic heterocycles. The number of benzene rings is 1. The van der Waals surface area contributed by atoms with Crippen molar-refractivity contribution in [1.82, 2.24) is 19.6 Å². The number of thioether (sulfide) groups is 2. The first-order valence-electron chi connectivity index (χ1n) is 9.80. The van der Waals surface area contributed by atoms with E-state index in [-0.39, 0.29) is 24.2 Å². The summed E-state index contributed by atoms with van der Waals surface area (Å²) in [5.74, 6) is 0.279. The van der Waals surface area contributed by atoms with E-state index in [4.69, 9.17) is 14.6 Å². The lowest BCUT2D eigenvalue weighted by atomic mass is 9.95. The summed E-state index contributed by atoms with van der Waals surface area (Å²) in [5.41, 5.74) is 2.85. The van der Waals surface area contributed by atoms with E-state index in [1.807, 2.05) is 41.4 Å². The molecule has 6 nitrogen and oxygen atoms in total. The summed E-state index contributed by atoms with van der Waals surface area (Å²) >= 11 is 3.10. The monoisotopic (exact) mass is 430 g/mol. The fraction of sp³-hybridized carbons (Fsp3) is 0.476. The molecule has 1 aliphatic heterocycles. The molecule has 0 unspecified atom stereocenters. The van der Waals surface area contributed by atoms with Crippen molar-refractivity contribution in [3.8, 4) is 0 Å². The quantitative estimate of drug-likeness (QED) is 0.506. The van der Waals surface area contributed by atoms with Crippen molar-refractivity contribution in [3.05, 3.63) is 47.8 Å². The molecular formula is C21H26N4O2S2. The summed E-state index contributed by atoms with van der Waals surface area (Å²) in [5, 5.41) is 6.29. The van der Waals surface area contributed by atoms with E-state index in [1.165, 1.54) is 11.8 Å². The van der Waals surface area contributed by atoms with E-state index in [9.17, 15) is 0 Å². The molecule has 0 saturated carbocycles. The summed E-state index contributed by atoms with van der Waals surface area (Å²) in [6.07, 6.45) is 6.66. The second kappa shape index (κ2) is 9.04. The first kappa shape index (κ1) is 20.7. The summed E-state index contributed by atoms with van der Waals surface area (Å²) in [6.45, 7) is 4.93. The Morgan fingerprint density at radius 1 is 1.17 bits per heavy atom. The summed E-state index contributed by atoms with van der Waals surface area (Å²) < 4.78 is 14.8. The van der Waals surface area contributed by atoms with Gasteiger partial charge >= 0.3 is 0 Å². The van der Waals surface area contributed by atoms with Crippen LogP contribution < -0.4 is 0 Å². The van der Waals surface area contributed by atoms with E-state index >= 15 is 0 Å². The Labute approximate surface area is 179 Å². The Hall–Kier alpha value is -1.61. The number of aromatic nitrogens is 4. The highest BCUT2D eigenvalue weighted by atomic mass is 32.2. The number of hydrogen-bond acceptors (Lipinski definition) is 7. The predicted octanol–water partition coefficient (Wildman–Crippen LogP) is 4.64. The van der Waals surface area contributed by atoms with Crippen molar-refractivity contribution in [2.75, 3.05) is 12.5 Å². The first-order valence-corrected chi connectivity index (χ1v) is 12.3. The third-order valence-electron chi connectivity index (χ3n) is 5.42. The highest BCUT2D eigenvalue weighted by Crippen LogP contribution is 2.41. The van der Waals surface area contributed by atoms with E-state index < -0.39 is 0 Å². The number of fused-ring (bicyclic) bond motifs is 1. The van der Waals surface area contributed by atoms with Gasteiger partial charge in [0.2, 0.25) is 5.16 Å². The van der Waals surface area contributed by atoms with Crippen LogP contribution in [0.3, 0.4) is 0 Å². The lowest BCUT2D eigenvalue weighted by molar-refractivity contribution is -0.0363. The Bertz CT molecular complexity index is 966. The molecule has 0 radical (unpaired) electrons. The number of rotatable bonds is 7. The van der Waals surface area contributed by atoms with Crippen LogP contribution in [-0.4, -0.2) is 44.3 Å². The highest BCUT2D eigenvalue weighted by molar-refractivity contribution is 7.99. The minimum absolute atomic E-state index is 0.0644. The predicted molar refractivity (Wildman–Crippen MR) is 116 cm³/mol. The number of imidazole rings is 1. The second-order valence-corrected chi connectivity index (χ2v) is 8.72. The highest BCUT2D eigenvalue weighted by Gasteiger charge is 2.44. The topological polar surface area (TPSA) is 61.5 Å². The molecule has 4 rings (SSSR count). The van der Waals surface area contributed by atoms with Crippen LogP contribution in [0.2, 0.25) is 0 Å². The molecule has 3 heterocycles. The molecule has 1 aliphatic rings. The molecule has 154 valence electrons. The van der Waals surface area contributed by atoms with Crippen molar-refractivity contribution >= 4 is 29.2 Å². The lowest BCUT2D eigenvalue weighted by Crippen LogP contribution is -2.26. The molecule has 8 heteroatoms. The van der Waals surface area contributed by atoms with E-state index in [1.54, 1.807) is 11.8 Å². The second-order valence-electron chi connectivity index (χ2n) is 7.15. The van der Waals surface area contributed by atoms with Gasteiger partial charge in [-0.1, -0.05) is 55.9 Å². The van der Waals surface area contributed by atoms with Gasteiger partial charge in [0.05, 0.1) is 30.7 Å². The van der Waals surface area contributed by atoms with Gasteiger partial charge in [-0.05, 0) is 24.5 Å². The van der Waals surface area contributed by atoms with Crippen molar-refractivity contribution in [2.24, 2.45) is 5.92 Å². The van der Waals surface area contributed by atoms with Crippen LogP contribution in [0.5, 0.6) is 0 Å². The molecule has 29 heavy (non-hydrogen) atoms. The van der Waals surface area contributed by atoms with Gasteiger partial charge in [-0.3, -0.25) is 0 Å². The average Bonchev–Trinajstić information content (AvgIpc) is 3.32. The number of nitrogens with zero attached hydrogens (tertiary/aromatic N) is 4. The van der Waals surface area contributed by atoms with Crippen molar-refractivity contribution in [1.29, 1.82) is 0 Å². The zero-order valence-corrected chi connectivity index (χ0v) is 18.7. The van der Waals surface area contributed by atoms with Gasteiger partial charge in [0.25, 0.3) is 0 Å². The Morgan fingerprint density at radius 2 is 1.97 bits per heavy atom. The third-order valence-corrected chi connectivity index (χ3v) is 6.62. The van der Waals surface area contributed by atoms with Crippen LogP contribution in [0.1, 0.15) is 37.6 Å². The molecule has 1 saturated heterocycles. The zero-order chi connectivity index (χ0) is 20.4. The van der Waals surface area contributed by atoms with Crippen LogP contribution >= 0.6 is 23.5 Å². The Kier molecular flexibility index (Phi) is 6.44. The Morgan fingerprint density at radius 3 is 2.66 bits per heavy atom. The van der Waals surface area contributed by atoms with E-state index in [2.05, 4.69) is 35.9 Å². The third kappa shape index (κ3) is 4.03. The molecule has 0 aliphatic carbocycles. The van der Waals surface area contributed by atoms with Crippen LogP contribution in [0.25, 0.3) is 5.65 Å². The summed E-state index contributed by atoms with van der Waals surface area (Å²) in [4.78, 5) is 9.19. The summed E-state index contributed by atoms with van der Waals surface area (Å²) in [6, 6.07) is 10.3. The largest absolute Gasteiger partial charge is 0.370 e. The molecule has 0 amide bonds. The maximum atomic E-state index is 6.46. The maximum absolute atomic E-state index is 6.46. The van der Waals surface area contributed by atoms with Crippen LogP contribution in [0, 0.1) is 5.92 Å². The molecule has 1 fully saturated rings. The van der Waals surface area contributed by atoms with E-state index in [0.29, 0.717) is 6.61 Å². The molecule has 1 aromatic carbocycles. The standard InChI is InChI=1S/C21H26N4O2S2/c1-5-16-13(2)17(26-12-14-9-7-6-8-10-14)18(27-16)15-11-22-19-20(28-3)23-21(29-4)24-25(15)19/h6-11,13,16-18H,5,12H2,1-4H3/t13-,16-,17-,18+/m1/s1. The van der Waals surface area contributed by atoms with Gasteiger partial charge in [-0.25, -0.2) is 14.5 Å². The minimum Gasteiger partial charge on any atom is -0.370 e. The molecule has 0 bridgehead atoms. The van der Waals surface area contributed by atoms with Gasteiger partial charge in [0, 0.05) is 5.92 Å². The van der Waals surface area contributed by atoms with Crippen molar-refractivity contribution in [3.63, 3.8) is 0 Å². The van der Waals surface area contributed by atoms with Crippen molar-refractivity contribution in [2.45, 2.75) is 55.4 Å². The van der Waals surface area contributed by atoms with Gasteiger partial charge in [-0.15, -0.1) is 16.9 Å². The minimum atomic E-state index is -0.215. The van der Waals surface area contributed by atoms with Crippen LogP contribution in [-0.2, 0) is 16.1 Å². The SMILES string of the molecule is CC[C@H]1O[C@@H](c2cnc3c(SC)nc(SC)nn23)[C@H](OCc2ccccc2)[C@@H]1C. The van der Waals surface area contributed by atoms with E-state index in [0.717, 1.165) is 33.5 Å². The summed E-state index contributed by atoms with van der Waals surface area (Å²) in [7, 11) is 0. The zero-order valence-electron chi connectivity index (χ0n) is 17.1. The molecule has 0 N–H and O–H groups in total. The normalized spacial score (nSPS) is 24.4. The average molecular weight is 431 g/mol. The molecule has 0 spiro atoms. The smallest absolute Gasteiger partial charge is 0.208 e. The fourth-order valence-corrected chi connectivity index (χ4v) is 4.76. The number of hydrogen-bond donors (Lipinski definition) is 0. The molecule has 4 atom stereocenters. The van der Waals surface area contributed by atoms with Crippen LogP contribution in [0.15, 0.2) is 46.7 Å². The molecule has 3 aromatic rings. The molecular weight excluding hydrogens is 404 g/mol. The van der Waals surface area contributed by atoms with Gasteiger partial charge < -0.3 is 9.47 Å². The Balaban J connectivity index is 1.69. The number of ether oxygens (including phenoxy) is 2.